The van der Waals surface area contributed by atoms with Crippen molar-refractivity contribution in [2.24, 2.45) is 0 Å². The Bertz CT molecular complexity index is 315. The van der Waals surface area contributed by atoms with Gasteiger partial charge in [0, 0.05) is 25.1 Å². The number of halogens is 1. The van der Waals surface area contributed by atoms with Crippen LogP contribution in [0.4, 0.5) is 0 Å². The lowest BCUT2D eigenvalue weighted by Gasteiger charge is -2.05. The van der Waals surface area contributed by atoms with E-state index in [1.807, 2.05) is 18.8 Å². The highest BCUT2D eigenvalue weighted by Crippen LogP contribution is 2.16. The van der Waals surface area contributed by atoms with E-state index in [0.717, 1.165) is 28.3 Å². The lowest BCUT2D eigenvalue weighted by atomic mass is 10.6. The van der Waals surface area contributed by atoms with Crippen LogP contribution in [0.5, 0.6) is 0 Å². The zero-order valence-corrected chi connectivity index (χ0v) is 11.6. The summed E-state index contributed by atoms with van der Waals surface area (Å²) in [5.74, 6) is 1.90. The fourth-order valence-corrected chi connectivity index (χ4v) is 2.34. The van der Waals surface area contributed by atoms with Gasteiger partial charge < -0.3 is 15.6 Å². The van der Waals surface area contributed by atoms with E-state index in [2.05, 4.69) is 36.5 Å². The van der Waals surface area contributed by atoms with Gasteiger partial charge in [-0.3, -0.25) is 0 Å². The Balaban J connectivity index is 2.07. The highest BCUT2D eigenvalue weighted by molar-refractivity contribution is 9.10. The molecule has 1 aromatic heterocycles. The van der Waals surface area contributed by atoms with Crippen molar-refractivity contribution in [1.82, 2.24) is 20.6 Å². The molecule has 0 unspecified atom stereocenters. The molecule has 0 aromatic carbocycles. The Morgan fingerprint density at radius 3 is 3.13 bits per heavy atom. The fraction of sp³-hybridized carbons (Fsp3) is 0.500. The van der Waals surface area contributed by atoms with Crippen LogP contribution < -0.4 is 10.6 Å². The van der Waals surface area contributed by atoms with E-state index in [4.69, 9.17) is 12.2 Å². The predicted octanol–water partition coefficient (Wildman–Crippen LogP) is 1.50. The number of aromatic amines is 1. The number of nitrogens with one attached hydrogen (secondary N) is 3. The van der Waals surface area contributed by atoms with Gasteiger partial charge in [-0.25, -0.2) is 4.98 Å². The summed E-state index contributed by atoms with van der Waals surface area (Å²) in [6, 6.07) is 0. The molecular weight excluding hydrogens is 296 g/mol. The molecule has 1 heterocycles. The number of H-pyrrole nitrogens is 1. The van der Waals surface area contributed by atoms with Crippen LogP contribution in [0.3, 0.4) is 0 Å². The number of hydrogen-bond donors (Lipinski definition) is 3. The van der Waals surface area contributed by atoms with Gasteiger partial charge >= 0.3 is 0 Å². The molecule has 0 saturated carbocycles. The van der Waals surface area contributed by atoms with E-state index in [-0.39, 0.29) is 0 Å². The van der Waals surface area contributed by atoms with E-state index >= 15 is 0 Å². The molecule has 0 bridgehead atoms. The van der Waals surface area contributed by atoms with Crippen LogP contribution in [0, 0.1) is 0 Å². The minimum atomic E-state index is 0.691. The van der Waals surface area contributed by atoms with E-state index in [1.54, 1.807) is 6.33 Å². The third-order valence-corrected chi connectivity index (χ3v) is 3.67. The molecule has 4 nitrogen and oxygen atoms in total. The van der Waals surface area contributed by atoms with Gasteiger partial charge in [-0.15, -0.1) is 0 Å². The number of aromatic nitrogens is 2. The lowest BCUT2D eigenvalue weighted by Crippen LogP contribution is -2.33. The second-order valence-electron chi connectivity index (χ2n) is 2.72. The normalized spacial score (nSPS) is 10.0. The molecule has 3 N–H and O–H groups in total. The van der Waals surface area contributed by atoms with Gasteiger partial charge in [0.05, 0.1) is 12.0 Å². The van der Waals surface area contributed by atoms with Crippen molar-refractivity contribution in [1.29, 1.82) is 0 Å². The van der Waals surface area contributed by atoms with Crippen molar-refractivity contribution in [2.75, 3.05) is 19.3 Å². The largest absolute Gasteiger partial charge is 0.366 e. The van der Waals surface area contributed by atoms with Crippen LogP contribution in [0.25, 0.3) is 0 Å². The van der Waals surface area contributed by atoms with Gasteiger partial charge in [0.25, 0.3) is 0 Å². The zero-order valence-electron chi connectivity index (χ0n) is 8.34. The molecule has 0 spiro atoms. The summed E-state index contributed by atoms with van der Waals surface area (Å²) in [5.41, 5.74) is 1.05. The van der Waals surface area contributed by atoms with Gasteiger partial charge in [0.2, 0.25) is 0 Å². The minimum absolute atomic E-state index is 0.691. The van der Waals surface area contributed by atoms with Crippen LogP contribution in [0.1, 0.15) is 5.69 Å². The molecule has 7 heteroatoms. The molecule has 84 valence electrons. The van der Waals surface area contributed by atoms with E-state index < -0.39 is 0 Å². The summed E-state index contributed by atoms with van der Waals surface area (Å²) < 4.78 is 0.966. The number of imidazole rings is 1. The molecule has 15 heavy (non-hydrogen) atoms. The van der Waals surface area contributed by atoms with Gasteiger partial charge in [0.15, 0.2) is 5.11 Å². The summed E-state index contributed by atoms with van der Waals surface area (Å²) in [6.07, 6.45) is 1.69. The van der Waals surface area contributed by atoms with Crippen molar-refractivity contribution >= 4 is 45.0 Å². The molecule has 0 fully saturated rings. The summed E-state index contributed by atoms with van der Waals surface area (Å²) in [4.78, 5) is 7.17. The lowest BCUT2D eigenvalue weighted by molar-refractivity contribution is 0.942. The quantitative estimate of drug-likeness (QED) is 0.568. The van der Waals surface area contributed by atoms with Gasteiger partial charge in [-0.2, -0.15) is 11.8 Å². The predicted molar refractivity (Wildman–Crippen MR) is 72.1 cm³/mol. The van der Waals surface area contributed by atoms with Gasteiger partial charge in [-0.1, -0.05) is 0 Å². The molecule has 0 atom stereocenters. The Morgan fingerprint density at radius 2 is 2.53 bits per heavy atom. The van der Waals surface area contributed by atoms with Crippen molar-refractivity contribution in [2.45, 2.75) is 5.75 Å². The Kier molecular flexibility index (Phi) is 6.04. The van der Waals surface area contributed by atoms with Crippen LogP contribution >= 0.6 is 39.9 Å². The topological polar surface area (TPSA) is 52.7 Å². The molecule has 1 aromatic rings. The maximum atomic E-state index is 4.95. The summed E-state index contributed by atoms with van der Waals surface area (Å²) in [7, 11) is 1.81. The number of thioether (sulfide) groups is 1. The highest BCUT2D eigenvalue weighted by atomic mass is 79.9. The SMILES string of the molecule is CNC(=S)NCCSCc1nc[nH]c1Br. The Labute approximate surface area is 107 Å². The summed E-state index contributed by atoms with van der Waals surface area (Å²) in [5, 5.41) is 6.64. The average molecular weight is 309 g/mol. The van der Waals surface area contributed by atoms with Crippen LogP contribution in [-0.4, -0.2) is 34.4 Å². The van der Waals surface area contributed by atoms with Crippen molar-refractivity contribution in [3.63, 3.8) is 0 Å². The van der Waals surface area contributed by atoms with E-state index in [1.165, 1.54) is 0 Å². The molecule has 1 rings (SSSR count). The van der Waals surface area contributed by atoms with Crippen molar-refractivity contribution in [3.8, 4) is 0 Å². The maximum Gasteiger partial charge on any atom is 0.166 e. The number of hydrogen-bond acceptors (Lipinski definition) is 3. The zero-order chi connectivity index (χ0) is 11.1. The Morgan fingerprint density at radius 1 is 1.73 bits per heavy atom. The molecule has 0 amide bonds. The van der Waals surface area contributed by atoms with Crippen LogP contribution in [0.15, 0.2) is 10.9 Å². The molecule has 0 aliphatic carbocycles. The molecule has 0 saturated heterocycles. The average Bonchev–Trinajstić information content (AvgIpc) is 2.63. The highest BCUT2D eigenvalue weighted by Gasteiger charge is 2.01. The standard InChI is InChI=1S/C8H13BrN4S2/c1-10-8(14)11-2-3-15-4-6-7(9)13-5-12-6/h5H,2-4H2,1H3,(H,12,13)(H2,10,11,14). The first kappa shape index (κ1) is 12.8. The van der Waals surface area contributed by atoms with Gasteiger partial charge in [0.1, 0.15) is 4.60 Å². The minimum Gasteiger partial charge on any atom is -0.366 e. The third-order valence-electron chi connectivity index (χ3n) is 1.66. The number of nitrogens with zero attached hydrogens (tertiary/aromatic N) is 1. The number of thiocarbonyl (C=S) groups is 1. The monoisotopic (exact) mass is 308 g/mol. The first-order valence-corrected chi connectivity index (χ1v) is 6.80. The maximum absolute atomic E-state index is 4.95. The Hall–Kier alpha value is -0.270. The smallest absolute Gasteiger partial charge is 0.166 e. The third kappa shape index (κ3) is 4.85. The van der Waals surface area contributed by atoms with Crippen molar-refractivity contribution in [3.05, 3.63) is 16.6 Å². The second kappa shape index (κ2) is 7.08. The molecular formula is C8H13BrN4S2. The van der Waals surface area contributed by atoms with Gasteiger partial charge in [-0.05, 0) is 28.1 Å². The summed E-state index contributed by atoms with van der Waals surface area (Å²) in [6.45, 7) is 0.867. The molecule has 0 aliphatic heterocycles. The van der Waals surface area contributed by atoms with Crippen molar-refractivity contribution < 1.29 is 0 Å². The fourth-order valence-electron chi connectivity index (χ4n) is 0.901. The summed E-state index contributed by atoms with van der Waals surface area (Å²) >= 11 is 10.2. The van der Waals surface area contributed by atoms with E-state index in [0.29, 0.717) is 5.11 Å². The molecule has 0 radical (unpaired) electrons. The number of rotatable bonds is 5. The van der Waals surface area contributed by atoms with Crippen LogP contribution in [0.2, 0.25) is 0 Å². The van der Waals surface area contributed by atoms with Crippen LogP contribution in [-0.2, 0) is 5.75 Å². The first-order valence-electron chi connectivity index (χ1n) is 4.45. The second-order valence-corrected chi connectivity index (χ2v) is 5.03. The molecule has 0 aliphatic rings. The first-order chi connectivity index (χ1) is 7.24. The van der Waals surface area contributed by atoms with E-state index in [9.17, 15) is 0 Å².